The monoisotopic (exact) mass is 480 g/mol. The fraction of sp³-hybridized carbons (Fsp3) is 0.433. The maximum atomic E-state index is 5.13. The SMILES string of the molecule is CN(Cc1nc2ccccc2n1C[C@H]1CCCN(Cc2ccccn2)C1)C1CCCc2cccnc21. The Balaban J connectivity index is 1.22. The van der Waals surface area contributed by atoms with Crippen LogP contribution in [0.25, 0.3) is 11.0 Å². The average molecular weight is 481 g/mol. The molecule has 0 amide bonds. The van der Waals surface area contributed by atoms with E-state index in [-0.39, 0.29) is 0 Å². The van der Waals surface area contributed by atoms with E-state index in [0.29, 0.717) is 12.0 Å². The molecule has 1 fully saturated rings. The minimum absolute atomic E-state index is 0.353. The number of para-hydroxylation sites is 2. The molecule has 6 nitrogen and oxygen atoms in total. The molecule has 2 atom stereocenters. The maximum absolute atomic E-state index is 5.13. The number of piperidine rings is 1. The highest BCUT2D eigenvalue weighted by atomic mass is 15.2. The number of nitrogens with zero attached hydrogens (tertiary/aromatic N) is 6. The number of aryl methyl sites for hydroxylation is 1. The first-order valence-corrected chi connectivity index (χ1v) is 13.4. The summed E-state index contributed by atoms with van der Waals surface area (Å²) in [7, 11) is 2.24. The summed E-state index contributed by atoms with van der Waals surface area (Å²) >= 11 is 0. The molecule has 1 aliphatic heterocycles. The Hall–Kier alpha value is -3.09. The molecule has 4 heterocycles. The van der Waals surface area contributed by atoms with Gasteiger partial charge in [0.2, 0.25) is 0 Å². The smallest absolute Gasteiger partial charge is 0.124 e. The molecule has 0 spiro atoms. The molecule has 4 aromatic rings. The van der Waals surface area contributed by atoms with E-state index in [1.54, 1.807) is 0 Å². The minimum atomic E-state index is 0.353. The molecule has 0 radical (unpaired) electrons. The van der Waals surface area contributed by atoms with Crippen molar-refractivity contribution in [2.24, 2.45) is 5.92 Å². The Morgan fingerprint density at radius 2 is 1.83 bits per heavy atom. The Kier molecular flexibility index (Phi) is 6.79. The lowest BCUT2D eigenvalue weighted by Gasteiger charge is -2.34. The van der Waals surface area contributed by atoms with Gasteiger partial charge in [0.25, 0.3) is 0 Å². The third kappa shape index (κ3) is 4.93. The first kappa shape index (κ1) is 23.3. The van der Waals surface area contributed by atoms with Gasteiger partial charge in [-0.3, -0.25) is 19.8 Å². The van der Waals surface area contributed by atoms with Gasteiger partial charge in [0.15, 0.2) is 0 Å². The summed E-state index contributed by atoms with van der Waals surface area (Å²) in [4.78, 5) is 19.5. The quantitative estimate of drug-likeness (QED) is 0.362. The maximum Gasteiger partial charge on any atom is 0.124 e. The van der Waals surface area contributed by atoms with Crippen LogP contribution in [-0.2, 0) is 26.1 Å². The Labute approximate surface area is 214 Å². The normalized spacial score (nSPS) is 20.6. The van der Waals surface area contributed by atoms with Crippen molar-refractivity contribution >= 4 is 11.0 Å². The first-order chi connectivity index (χ1) is 17.7. The van der Waals surface area contributed by atoms with E-state index in [0.717, 1.165) is 56.8 Å². The predicted molar refractivity (Wildman–Crippen MR) is 143 cm³/mol. The predicted octanol–water partition coefficient (Wildman–Crippen LogP) is 5.25. The van der Waals surface area contributed by atoms with Crippen LogP contribution >= 0.6 is 0 Å². The fourth-order valence-corrected chi connectivity index (χ4v) is 6.22. The molecule has 0 bridgehead atoms. The fourth-order valence-electron chi connectivity index (χ4n) is 6.22. The number of pyridine rings is 2. The summed E-state index contributed by atoms with van der Waals surface area (Å²) in [5, 5.41) is 0. The summed E-state index contributed by atoms with van der Waals surface area (Å²) in [6.07, 6.45) is 9.87. The van der Waals surface area contributed by atoms with Crippen molar-refractivity contribution in [3.63, 3.8) is 0 Å². The molecule has 2 aliphatic rings. The largest absolute Gasteiger partial charge is 0.327 e. The number of likely N-dealkylation sites (tertiary alicyclic amines) is 1. The van der Waals surface area contributed by atoms with Gasteiger partial charge in [-0.1, -0.05) is 24.3 Å². The summed E-state index contributed by atoms with van der Waals surface area (Å²) in [5.74, 6) is 1.78. The average Bonchev–Trinajstić information content (AvgIpc) is 3.25. The Morgan fingerprint density at radius 3 is 2.75 bits per heavy atom. The van der Waals surface area contributed by atoms with Crippen molar-refractivity contribution < 1.29 is 0 Å². The van der Waals surface area contributed by atoms with Crippen LogP contribution in [0.15, 0.2) is 67.0 Å². The van der Waals surface area contributed by atoms with Crippen LogP contribution in [0.4, 0.5) is 0 Å². The van der Waals surface area contributed by atoms with Gasteiger partial charge < -0.3 is 4.57 Å². The van der Waals surface area contributed by atoms with Gasteiger partial charge in [0.1, 0.15) is 5.82 Å². The molecule has 186 valence electrons. The van der Waals surface area contributed by atoms with E-state index in [2.05, 4.69) is 74.9 Å². The van der Waals surface area contributed by atoms with E-state index in [1.807, 2.05) is 18.5 Å². The van der Waals surface area contributed by atoms with E-state index < -0.39 is 0 Å². The van der Waals surface area contributed by atoms with Crippen LogP contribution in [0.1, 0.15) is 54.5 Å². The number of hydrogen-bond acceptors (Lipinski definition) is 5. The molecule has 1 aromatic carbocycles. The van der Waals surface area contributed by atoms with Gasteiger partial charge in [0, 0.05) is 32.0 Å². The first-order valence-electron chi connectivity index (χ1n) is 13.4. The zero-order valence-corrected chi connectivity index (χ0v) is 21.3. The summed E-state index contributed by atoms with van der Waals surface area (Å²) in [6, 6.07) is 19.5. The van der Waals surface area contributed by atoms with Gasteiger partial charge in [-0.05, 0) is 87.5 Å². The van der Waals surface area contributed by atoms with Gasteiger partial charge >= 0.3 is 0 Å². The molecular weight excluding hydrogens is 444 g/mol. The van der Waals surface area contributed by atoms with Crippen molar-refractivity contribution in [1.82, 2.24) is 29.3 Å². The second-order valence-electron chi connectivity index (χ2n) is 10.6. The number of imidazole rings is 1. The molecule has 1 saturated heterocycles. The third-order valence-corrected chi connectivity index (χ3v) is 7.98. The van der Waals surface area contributed by atoms with Gasteiger partial charge in [0.05, 0.1) is 35.0 Å². The molecule has 1 aliphatic carbocycles. The molecule has 0 N–H and O–H groups in total. The van der Waals surface area contributed by atoms with Crippen LogP contribution < -0.4 is 0 Å². The Morgan fingerprint density at radius 1 is 0.944 bits per heavy atom. The van der Waals surface area contributed by atoms with Crippen molar-refractivity contribution in [2.45, 2.75) is 57.8 Å². The van der Waals surface area contributed by atoms with E-state index in [1.165, 1.54) is 41.9 Å². The molecule has 6 rings (SSSR count). The molecular formula is C30H36N6. The summed E-state index contributed by atoms with van der Waals surface area (Å²) in [6.45, 7) is 5.05. The lowest BCUT2D eigenvalue weighted by molar-refractivity contribution is 0.152. The lowest BCUT2D eigenvalue weighted by Crippen LogP contribution is -2.37. The van der Waals surface area contributed by atoms with Crippen LogP contribution in [0.3, 0.4) is 0 Å². The van der Waals surface area contributed by atoms with Crippen LogP contribution in [0, 0.1) is 5.92 Å². The molecule has 3 aromatic heterocycles. The zero-order chi connectivity index (χ0) is 24.3. The van der Waals surface area contributed by atoms with Crippen LogP contribution in [-0.4, -0.2) is 49.5 Å². The number of rotatable bonds is 7. The second kappa shape index (κ2) is 10.5. The van der Waals surface area contributed by atoms with Gasteiger partial charge in [-0.15, -0.1) is 0 Å². The molecule has 1 unspecified atom stereocenters. The van der Waals surface area contributed by atoms with Gasteiger partial charge in [-0.25, -0.2) is 4.98 Å². The highest BCUT2D eigenvalue weighted by molar-refractivity contribution is 5.75. The van der Waals surface area contributed by atoms with E-state index in [9.17, 15) is 0 Å². The minimum Gasteiger partial charge on any atom is -0.327 e. The molecule has 36 heavy (non-hydrogen) atoms. The zero-order valence-electron chi connectivity index (χ0n) is 21.3. The number of hydrogen-bond donors (Lipinski definition) is 0. The van der Waals surface area contributed by atoms with Gasteiger partial charge in [-0.2, -0.15) is 0 Å². The van der Waals surface area contributed by atoms with E-state index >= 15 is 0 Å². The van der Waals surface area contributed by atoms with E-state index in [4.69, 9.17) is 9.97 Å². The number of fused-ring (bicyclic) bond motifs is 2. The van der Waals surface area contributed by atoms with Crippen molar-refractivity contribution in [2.75, 3.05) is 20.1 Å². The van der Waals surface area contributed by atoms with Crippen molar-refractivity contribution in [3.05, 3.63) is 89.8 Å². The summed E-state index contributed by atoms with van der Waals surface area (Å²) in [5.41, 5.74) is 6.18. The highest BCUT2D eigenvalue weighted by Crippen LogP contribution is 2.33. The second-order valence-corrected chi connectivity index (χ2v) is 10.6. The van der Waals surface area contributed by atoms with Crippen molar-refractivity contribution in [3.8, 4) is 0 Å². The number of aromatic nitrogens is 4. The highest BCUT2D eigenvalue weighted by Gasteiger charge is 2.27. The third-order valence-electron chi connectivity index (χ3n) is 7.98. The van der Waals surface area contributed by atoms with Crippen LogP contribution in [0.5, 0.6) is 0 Å². The standard InChI is InChI=1S/C30H36N6/c1-34(28-15-6-10-24-11-7-17-32-30(24)28)22-29-33-26-13-2-3-14-27(26)36(29)20-23-9-8-18-35(19-23)21-25-12-4-5-16-31-25/h2-5,7,11-14,16-17,23,28H,6,8-10,15,18-22H2,1H3/t23-,28?/m0/s1. The van der Waals surface area contributed by atoms with Crippen LogP contribution in [0.2, 0.25) is 0 Å². The number of benzene rings is 1. The van der Waals surface area contributed by atoms with Crippen molar-refractivity contribution in [1.29, 1.82) is 0 Å². The molecule has 6 heteroatoms. The molecule has 0 saturated carbocycles. The summed E-state index contributed by atoms with van der Waals surface area (Å²) < 4.78 is 2.50. The topological polar surface area (TPSA) is 50.1 Å². The lowest BCUT2D eigenvalue weighted by atomic mass is 9.91. The Bertz CT molecular complexity index is 1300.